The first kappa shape index (κ1) is 11.0. The maximum absolute atomic E-state index is 5.42. The highest BCUT2D eigenvalue weighted by atomic mass is 14.5. The second-order valence-corrected chi connectivity index (χ2v) is 4.02. The molecular formula is C10H23N. The predicted octanol–water partition coefficient (Wildman–Crippen LogP) is 2.80. The summed E-state index contributed by atoms with van der Waals surface area (Å²) in [6.45, 7) is 7.78. The van der Waals surface area contributed by atoms with Crippen molar-refractivity contribution >= 4 is 0 Å². The van der Waals surface area contributed by atoms with Crippen LogP contribution in [0.5, 0.6) is 0 Å². The van der Waals surface area contributed by atoms with E-state index in [4.69, 9.17) is 5.73 Å². The fourth-order valence-corrected chi connectivity index (χ4v) is 1.56. The highest BCUT2D eigenvalue weighted by molar-refractivity contribution is 4.56. The Kier molecular flexibility index (Phi) is 6.63. The van der Waals surface area contributed by atoms with Gasteiger partial charge in [-0.15, -0.1) is 0 Å². The second kappa shape index (κ2) is 6.66. The highest BCUT2D eigenvalue weighted by Crippen LogP contribution is 2.16. The van der Waals surface area contributed by atoms with E-state index in [2.05, 4.69) is 20.8 Å². The molecule has 0 aromatic heterocycles. The topological polar surface area (TPSA) is 26.0 Å². The van der Waals surface area contributed by atoms with Crippen molar-refractivity contribution in [1.82, 2.24) is 0 Å². The van der Waals surface area contributed by atoms with Crippen molar-refractivity contribution in [2.24, 2.45) is 17.6 Å². The first-order valence-corrected chi connectivity index (χ1v) is 4.87. The molecule has 0 aliphatic carbocycles. The van der Waals surface area contributed by atoms with E-state index in [1.165, 1.54) is 25.7 Å². The molecule has 1 atom stereocenters. The summed E-state index contributed by atoms with van der Waals surface area (Å²) >= 11 is 0. The van der Waals surface area contributed by atoms with Crippen LogP contribution in [0.4, 0.5) is 0 Å². The minimum absolute atomic E-state index is 0.850. The van der Waals surface area contributed by atoms with E-state index >= 15 is 0 Å². The van der Waals surface area contributed by atoms with Crippen LogP contribution in [0.3, 0.4) is 0 Å². The highest BCUT2D eigenvalue weighted by Gasteiger charge is 2.03. The van der Waals surface area contributed by atoms with Crippen molar-refractivity contribution in [3.05, 3.63) is 0 Å². The van der Waals surface area contributed by atoms with E-state index < -0.39 is 0 Å². The molecule has 2 N–H and O–H groups in total. The van der Waals surface area contributed by atoms with Gasteiger partial charge in [-0.2, -0.15) is 0 Å². The average Bonchev–Trinajstić information content (AvgIpc) is 1.86. The molecule has 0 aromatic rings. The maximum atomic E-state index is 5.42. The molecule has 0 saturated heterocycles. The zero-order valence-electron chi connectivity index (χ0n) is 8.27. The molecule has 0 saturated carbocycles. The van der Waals surface area contributed by atoms with Gasteiger partial charge in [-0.1, -0.05) is 33.6 Å². The van der Waals surface area contributed by atoms with Crippen LogP contribution < -0.4 is 5.73 Å². The molecule has 0 aliphatic heterocycles. The van der Waals surface area contributed by atoms with Crippen molar-refractivity contribution in [2.75, 3.05) is 6.54 Å². The molecule has 0 heterocycles. The van der Waals surface area contributed by atoms with Crippen LogP contribution in [0.15, 0.2) is 0 Å². The van der Waals surface area contributed by atoms with E-state index in [0.717, 1.165) is 18.4 Å². The molecule has 0 spiro atoms. The van der Waals surface area contributed by atoms with Crippen LogP contribution in [-0.2, 0) is 0 Å². The minimum atomic E-state index is 0.850. The zero-order chi connectivity index (χ0) is 8.69. The summed E-state index contributed by atoms with van der Waals surface area (Å²) in [5, 5.41) is 0. The third-order valence-corrected chi connectivity index (χ3v) is 2.02. The Bertz CT molecular complexity index is 78.9. The summed E-state index contributed by atoms with van der Waals surface area (Å²) in [7, 11) is 0. The predicted molar refractivity (Wildman–Crippen MR) is 51.5 cm³/mol. The van der Waals surface area contributed by atoms with Crippen molar-refractivity contribution in [2.45, 2.75) is 46.5 Å². The minimum Gasteiger partial charge on any atom is -0.330 e. The number of rotatable bonds is 6. The van der Waals surface area contributed by atoms with Crippen molar-refractivity contribution < 1.29 is 0 Å². The third-order valence-electron chi connectivity index (χ3n) is 2.02. The van der Waals surface area contributed by atoms with E-state index in [9.17, 15) is 0 Å². The monoisotopic (exact) mass is 157 g/mol. The molecule has 0 rings (SSSR count). The summed E-state index contributed by atoms with van der Waals surface area (Å²) in [5.41, 5.74) is 5.42. The van der Waals surface area contributed by atoms with Gasteiger partial charge in [-0.3, -0.25) is 0 Å². The van der Waals surface area contributed by atoms with Crippen molar-refractivity contribution in [3.63, 3.8) is 0 Å². The van der Waals surface area contributed by atoms with Gasteiger partial charge < -0.3 is 5.73 Å². The summed E-state index contributed by atoms with van der Waals surface area (Å²) in [6, 6.07) is 0. The molecule has 0 aliphatic rings. The van der Waals surface area contributed by atoms with Gasteiger partial charge in [-0.25, -0.2) is 0 Å². The Labute approximate surface area is 71.4 Å². The lowest BCUT2D eigenvalue weighted by molar-refractivity contribution is 0.402. The van der Waals surface area contributed by atoms with Gasteiger partial charge in [0.1, 0.15) is 0 Å². The summed E-state index contributed by atoms with van der Waals surface area (Å²) < 4.78 is 0. The van der Waals surface area contributed by atoms with Gasteiger partial charge in [0.25, 0.3) is 0 Å². The quantitative estimate of drug-likeness (QED) is 0.589. The largest absolute Gasteiger partial charge is 0.330 e. The third kappa shape index (κ3) is 7.86. The standard InChI is InChI=1S/C10H23N/c1-9(2)8-10(3)6-4-5-7-11/h9-10H,4-8,11H2,1-3H3. The molecule has 11 heavy (non-hydrogen) atoms. The van der Waals surface area contributed by atoms with Crippen LogP contribution >= 0.6 is 0 Å². The molecule has 0 aromatic carbocycles. The first-order valence-electron chi connectivity index (χ1n) is 4.87. The van der Waals surface area contributed by atoms with Crippen molar-refractivity contribution in [3.8, 4) is 0 Å². The number of hydrogen-bond donors (Lipinski definition) is 1. The first-order chi connectivity index (χ1) is 5.16. The lowest BCUT2D eigenvalue weighted by atomic mass is 9.94. The van der Waals surface area contributed by atoms with E-state index in [1.54, 1.807) is 0 Å². The lowest BCUT2D eigenvalue weighted by Gasteiger charge is -2.12. The average molecular weight is 157 g/mol. The smallest absolute Gasteiger partial charge is 0.00773 e. The molecule has 68 valence electrons. The van der Waals surface area contributed by atoms with Gasteiger partial charge in [0.2, 0.25) is 0 Å². The van der Waals surface area contributed by atoms with Gasteiger partial charge in [0.05, 0.1) is 0 Å². The molecule has 0 bridgehead atoms. The van der Waals surface area contributed by atoms with Gasteiger partial charge in [0.15, 0.2) is 0 Å². The molecule has 1 nitrogen and oxygen atoms in total. The van der Waals surface area contributed by atoms with Gasteiger partial charge >= 0.3 is 0 Å². The van der Waals surface area contributed by atoms with Crippen LogP contribution in [0.25, 0.3) is 0 Å². The fraction of sp³-hybridized carbons (Fsp3) is 1.00. The molecule has 1 heteroatoms. The maximum Gasteiger partial charge on any atom is -0.00773 e. The molecular weight excluding hydrogens is 134 g/mol. The zero-order valence-corrected chi connectivity index (χ0v) is 8.27. The Morgan fingerprint density at radius 3 is 2.18 bits per heavy atom. The van der Waals surface area contributed by atoms with Crippen molar-refractivity contribution in [1.29, 1.82) is 0 Å². The molecule has 0 fully saturated rings. The lowest BCUT2D eigenvalue weighted by Crippen LogP contribution is -2.03. The molecule has 0 amide bonds. The summed E-state index contributed by atoms with van der Waals surface area (Å²) in [6.07, 6.45) is 5.23. The normalized spacial score (nSPS) is 13.9. The summed E-state index contributed by atoms with van der Waals surface area (Å²) in [5.74, 6) is 1.74. The Balaban J connectivity index is 3.15. The fourth-order valence-electron chi connectivity index (χ4n) is 1.56. The van der Waals surface area contributed by atoms with Gasteiger partial charge in [-0.05, 0) is 31.2 Å². The number of hydrogen-bond acceptors (Lipinski definition) is 1. The second-order valence-electron chi connectivity index (χ2n) is 4.02. The Hall–Kier alpha value is -0.0400. The SMILES string of the molecule is CC(C)CC(C)CCCCN. The van der Waals surface area contributed by atoms with Crippen LogP contribution in [0.2, 0.25) is 0 Å². The van der Waals surface area contributed by atoms with Crippen LogP contribution in [0, 0.1) is 11.8 Å². The van der Waals surface area contributed by atoms with E-state index in [0.29, 0.717) is 0 Å². The van der Waals surface area contributed by atoms with Crippen LogP contribution in [0.1, 0.15) is 46.5 Å². The number of nitrogens with two attached hydrogens (primary N) is 1. The Morgan fingerprint density at radius 2 is 1.73 bits per heavy atom. The Morgan fingerprint density at radius 1 is 1.09 bits per heavy atom. The van der Waals surface area contributed by atoms with Crippen LogP contribution in [-0.4, -0.2) is 6.54 Å². The van der Waals surface area contributed by atoms with E-state index in [-0.39, 0.29) is 0 Å². The molecule has 0 radical (unpaired) electrons. The summed E-state index contributed by atoms with van der Waals surface area (Å²) in [4.78, 5) is 0. The molecule has 1 unspecified atom stereocenters. The van der Waals surface area contributed by atoms with E-state index in [1.807, 2.05) is 0 Å². The number of unbranched alkanes of at least 4 members (excludes halogenated alkanes) is 1. The van der Waals surface area contributed by atoms with Gasteiger partial charge in [0, 0.05) is 0 Å².